The molecule has 1 saturated carbocycles. The molecule has 1 aliphatic carbocycles. The van der Waals surface area contributed by atoms with E-state index in [1.165, 1.54) is 0 Å². The molecule has 0 unspecified atom stereocenters. The molecule has 0 aromatic heterocycles. The van der Waals surface area contributed by atoms with Gasteiger partial charge >= 0.3 is 11.9 Å². The van der Waals surface area contributed by atoms with Gasteiger partial charge in [-0.15, -0.1) is 0 Å². The van der Waals surface area contributed by atoms with Crippen molar-refractivity contribution in [1.82, 2.24) is 5.32 Å². The van der Waals surface area contributed by atoms with Crippen molar-refractivity contribution in [2.75, 3.05) is 19.7 Å². The maximum atomic E-state index is 11.1. The lowest BCUT2D eigenvalue weighted by Gasteiger charge is -2.34. The van der Waals surface area contributed by atoms with E-state index in [9.17, 15) is 14.7 Å². The van der Waals surface area contributed by atoms with Gasteiger partial charge in [0.1, 0.15) is 0 Å². The minimum atomic E-state index is -0.904. The first-order chi connectivity index (χ1) is 8.47. The van der Waals surface area contributed by atoms with E-state index in [1.807, 2.05) is 0 Å². The van der Waals surface area contributed by atoms with E-state index in [-0.39, 0.29) is 25.0 Å². The molecule has 0 spiro atoms. The number of hydrogen-bond acceptors (Lipinski definition) is 5. The molecule has 0 heterocycles. The average Bonchev–Trinajstić information content (AvgIpc) is 2.29. The first-order valence-corrected chi connectivity index (χ1v) is 6.28. The number of esters is 1. The van der Waals surface area contributed by atoms with Crippen molar-refractivity contribution in [3.63, 3.8) is 0 Å². The quantitative estimate of drug-likeness (QED) is 0.587. The molecule has 1 rings (SSSR count). The third-order valence-electron chi connectivity index (χ3n) is 3.29. The first-order valence-electron chi connectivity index (χ1n) is 6.28. The Labute approximate surface area is 106 Å². The molecular weight excluding hydrogens is 238 g/mol. The van der Waals surface area contributed by atoms with Crippen LogP contribution in [0.25, 0.3) is 0 Å². The lowest BCUT2D eigenvalue weighted by atomic mass is 9.79. The van der Waals surface area contributed by atoms with Crippen LogP contribution in [0.3, 0.4) is 0 Å². The molecule has 1 fully saturated rings. The Morgan fingerprint density at radius 2 is 2.00 bits per heavy atom. The van der Waals surface area contributed by atoms with Crippen LogP contribution in [0.4, 0.5) is 0 Å². The second-order valence-electron chi connectivity index (χ2n) is 4.75. The number of carboxylic acid groups (broad SMARTS) is 1. The van der Waals surface area contributed by atoms with Gasteiger partial charge in [-0.05, 0) is 32.6 Å². The summed E-state index contributed by atoms with van der Waals surface area (Å²) in [7, 11) is 0. The van der Waals surface area contributed by atoms with Gasteiger partial charge < -0.3 is 20.3 Å². The summed E-state index contributed by atoms with van der Waals surface area (Å²) in [4.78, 5) is 21.9. The van der Waals surface area contributed by atoms with E-state index >= 15 is 0 Å². The van der Waals surface area contributed by atoms with Gasteiger partial charge in [0, 0.05) is 6.54 Å². The van der Waals surface area contributed by atoms with Gasteiger partial charge in [0.25, 0.3) is 0 Å². The van der Waals surface area contributed by atoms with Crippen LogP contribution in [0.15, 0.2) is 0 Å². The summed E-state index contributed by atoms with van der Waals surface area (Å²) in [6.45, 7) is 2.43. The number of ether oxygens (including phenoxy) is 1. The van der Waals surface area contributed by atoms with Crippen LogP contribution in [0.2, 0.25) is 0 Å². The van der Waals surface area contributed by atoms with Crippen LogP contribution in [-0.2, 0) is 14.3 Å². The van der Waals surface area contributed by atoms with Crippen LogP contribution < -0.4 is 5.32 Å². The van der Waals surface area contributed by atoms with Gasteiger partial charge in [0.2, 0.25) is 0 Å². The van der Waals surface area contributed by atoms with Gasteiger partial charge in [0.05, 0.1) is 24.7 Å². The van der Waals surface area contributed by atoms with Crippen LogP contribution >= 0.6 is 0 Å². The lowest BCUT2D eigenvalue weighted by molar-refractivity contribution is -0.144. The Kier molecular flexibility index (Phi) is 5.55. The van der Waals surface area contributed by atoms with Gasteiger partial charge in [-0.1, -0.05) is 0 Å². The van der Waals surface area contributed by atoms with Gasteiger partial charge in [-0.2, -0.15) is 0 Å². The van der Waals surface area contributed by atoms with E-state index < -0.39 is 11.6 Å². The molecule has 0 aromatic rings. The molecule has 18 heavy (non-hydrogen) atoms. The molecule has 6 nitrogen and oxygen atoms in total. The molecule has 0 bridgehead atoms. The van der Waals surface area contributed by atoms with E-state index in [2.05, 4.69) is 5.32 Å². The molecule has 0 aromatic carbocycles. The highest BCUT2D eigenvalue weighted by Crippen LogP contribution is 2.31. The topological polar surface area (TPSA) is 95.9 Å². The zero-order chi connectivity index (χ0) is 13.6. The Hall–Kier alpha value is -1.14. The van der Waals surface area contributed by atoms with Gasteiger partial charge in [0.15, 0.2) is 0 Å². The first kappa shape index (κ1) is 14.9. The molecule has 0 aliphatic heterocycles. The SMILES string of the molecule is CCOC(=O)CNCC1(O)CCC(C(=O)O)CC1. The molecule has 0 atom stereocenters. The van der Waals surface area contributed by atoms with Crippen molar-refractivity contribution in [1.29, 1.82) is 0 Å². The van der Waals surface area contributed by atoms with Crippen molar-refractivity contribution in [3.05, 3.63) is 0 Å². The Balaban J connectivity index is 2.26. The van der Waals surface area contributed by atoms with Crippen molar-refractivity contribution in [3.8, 4) is 0 Å². The number of aliphatic hydroxyl groups is 1. The van der Waals surface area contributed by atoms with E-state index in [1.54, 1.807) is 6.92 Å². The summed E-state index contributed by atoms with van der Waals surface area (Å²) < 4.78 is 4.75. The van der Waals surface area contributed by atoms with Crippen LogP contribution in [0, 0.1) is 5.92 Å². The Morgan fingerprint density at radius 3 is 2.50 bits per heavy atom. The maximum absolute atomic E-state index is 11.1. The fraction of sp³-hybridized carbons (Fsp3) is 0.833. The number of aliphatic carboxylic acids is 1. The summed E-state index contributed by atoms with van der Waals surface area (Å²) in [5, 5.41) is 21.9. The number of rotatable bonds is 6. The normalized spacial score (nSPS) is 27.8. The number of carboxylic acids is 1. The third-order valence-corrected chi connectivity index (χ3v) is 3.29. The number of hydrogen-bond donors (Lipinski definition) is 3. The Bertz CT molecular complexity index is 297. The summed E-state index contributed by atoms with van der Waals surface area (Å²) in [5.41, 5.74) is -0.904. The smallest absolute Gasteiger partial charge is 0.319 e. The van der Waals surface area contributed by atoms with Crippen molar-refractivity contribution in [2.45, 2.75) is 38.2 Å². The third kappa shape index (κ3) is 4.62. The van der Waals surface area contributed by atoms with E-state index in [0.29, 0.717) is 32.3 Å². The van der Waals surface area contributed by atoms with Gasteiger partial charge in [-0.25, -0.2) is 0 Å². The number of carbonyl (C=O) groups excluding carboxylic acids is 1. The monoisotopic (exact) mass is 259 g/mol. The molecule has 0 amide bonds. The summed E-state index contributed by atoms with van der Waals surface area (Å²) in [6, 6.07) is 0. The summed E-state index contributed by atoms with van der Waals surface area (Å²) in [5.74, 6) is -1.49. The molecule has 3 N–H and O–H groups in total. The lowest BCUT2D eigenvalue weighted by Crippen LogP contribution is -2.45. The Morgan fingerprint density at radius 1 is 1.39 bits per heavy atom. The van der Waals surface area contributed by atoms with E-state index in [0.717, 1.165) is 0 Å². The second kappa shape index (κ2) is 6.70. The van der Waals surface area contributed by atoms with Crippen LogP contribution in [-0.4, -0.2) is 47.4 Å². The predicted molar refractivity (Wildman–Crippen MR) is 64.0 cm³/mol. The number of carbonyl (C=O) groups is 2. The largest absolute Gasteiger partial charge is 0.481 e. The molecular formula is C12H21NO5. The highest BCUT2D eigenvalue weighted by Gasteiger charge is 2.35. The fourth-order valence-corrected chi connectivity index (χ4v) is 2.19. The standard InChI is InChI=1S/C12H21NO5/c1-2-18-10(14)7-13-8-12(17)5-3-9(4-6-12)11(15)16/h9,13,17H,2-8H2,1H3,(H,15,16). The molecule has 1 aliphatic rings. The maximum Gasteiger partial charge on any atom is 0.319 e. The number of nitrogens with one attached hydrogen (secondary N) is 1. The molecule has 104 valence electrons. The zero-order valence-electron chi connectivity index (χ0n) is 10.6. The highest BCUT2D eigenvalue weighted by atomic mass is 16.5. The van der Waals surface area contributed by atoms with Crippen molar-refractivity contribution >= 4 is 11.9 Å². The molecule has 0 saturated heterocycles. The summed E-state index contributed by atoms with van der Waals surface area (Å²) in [6.07, 6.45) is 1.85. The molecule has 6 heteroatoms. The minimum Gasteiger partial charge on any atom is -0.481 e. The minimum absolute atomic E-state index is 0.0680. The van der Waals surface area contributed by atoms with Crippen LogP contribution in [0.5, 0.6) is 0 Å². The summed E-state index contributed by atoms with van der Waals surface area (Å²) >= 11 is 0. The van der Waals surface area contributed by atoms with Crippen molar-refractivity contribution in [2.24, 2.45) is 5.92 Å². The van der Waals surface area contributed by atoms with Crippen molar-refractivity contribution < 1.29 is 24.5 Å². The fourth-order valence-electron chi connectivity index (χ4n) is 2.19. The van der Waals surface area contributed by atoms with Crippen LogP contribution in [0.1, 0.15) is 32.6 Å². The highest BCUT2D eigenvalue weighted by molar-refractivity contribution is 5.71. The second-order valence-corrected chi connectivity index (χ2v) is 4.75. The average molecular weight is 259 g/mol. The zero-order valence-corrected chi connectivity index (χ0v) is 10.6. The van der Waals surface area contributed by atoms with E-state index in [4.69, 9.17) is 9.84 Å². The predicted octanol–water partition coefficient (Wildman–Crippen LogP) is 0.145. The van der Waals surface area contributed by atoms with Gasteiger partial charge in [-0.3, -0.25) is 9.59 Å². The molecule has 0 radical (unpaired) electrons.